The van der Waals surface area contributed by atoms with Gasteiger partial charge in [-0.15, -0.1) is 0 Å². The molecule has 26 heavy (non-hydrogen) atoms. The molecular formula is C20H30N4O2. The quantitative estimate of drug-likeness (QED) is 0.747. The Balaban J connectivity index is 1.47. The number of nitrogens with one attached hydrogen (secondary N) is 2. The molecule has 1 unspecified atom stereocenters. The summed E-state index contributed by atoms with van der Waals surface area (Å²) in [5.41, 5.74) is 3.21. The number of benzene rings is 1. The molecule has 0 saturated carbocycles. The van der Waals surface area contributed by atoms with Gasteiger partial charge >= 0.3 is 0 Å². The minimum Gasteiger partial charge on any atom is -0.356 e. The molecule has 2 saturated heterocycles. The Kier molecular flexibility index (Phi) is 6.27. The molecule has 0 spiro atoms. The lowest BCUT2D eigenvalue weighted by atomic mass is 10.1. The average molecular weight is 358 g/mol. The number of nitrogens with zero attached hydrogens (tertiary/aromatic N) is 2. The minimum absolute atomic E-state index is 0.00599. The lowest BCUT2D eigenvalue weighted by molar-refractivity contribution is -0.126. The Hall–Kier alpha value is -1.92. The number of hydrogen-bond donors (Lipinski definition) is 2. The molecule has 142 valence electrons. The van der Waals surface area contributed by atoms with Crippen molar-refractivity contribution in [3.8, 4) is 0 Å². The van der Waals surface area contributed by atoms with Crippen LogP contribution in [0.2, 0.25) is 0 Å². The molecule has 2 fully saturated rings. The Morgan fingerprint density at radius 1 is 1.27 bits per heavy atom. The van der Waals surface area contributed by atoms with E-state index in [-0.39, 0.29) is 17.7 Å². The van der Waals surface area contributed by atoms with Gasteiger partial charge in [-0.25, -0.2) is 0 Å². The zero-order valence-corrected chi connectivity index (χ0v) is 15.9. The fraction of sp³-hybridized carbons (Fsp3) is 0.600. The van der Waals surface area contributed by atoms with Gasteiger partial charge in [-0.3, -0.25) is 9.59 Å². The fourth-order valence-corrected chi connectivity index (χ4v) is 3.74. The molecule has 0 radical (unpaired) electrons. The van der Waals surface area contributed by atoms with E-state index in [9.17, 15) is 9.59 Å². The Labute approximate surface area is 155 Å². The summed E-state index contributed by atoms with van der Waals surface area (Å²) in [4.78, 5) is 29.1. The van der Waals surface area contributed by atoms with E-state index in [1.165, 1.54) is 0 Å². The van der Waals surface area contributed by atoms with Crippen LogP contribution in [0, 0.1) is 19.8 Å². The summed E-state index contributed by atoms with van der Waals surface area (Å²) in [5, 5.41) is 6.36. The molecule has 1 aromatic rings. The predicted molar refractivity (Wildman–Crippen MR) is 103 cm³/mol. The van der Waals surface area contributed by atoms with Crippen LogP contribution in [0.25, 0.3) is 0 Å². The van der Waals surface area contributed by atoms with E-state index in [1.54, 1.807) is 4.90 Å². The van der Waals surface area contributed by atoms with Crippen molar-refractivity contribution in [1.82, 2.24) is 15.5 Å². The number of aryl methyl sites for hydroxylation is 1. The van der Waals surface area contributed by atoms with Crippen LogP contribution < -0.4 is 15.5 Å². The first-order valence-corrected chi connectivity index (χ1v) is 9.63. The highest BCUT2D eigenvalue weighted by atomic mass is 16.2. The zero-order valence-electron chi connectivity index (χ0n) is 15.9. The molecular weight excluding hydrogens is 328 g/mol. The Morgan fingerprint density at radius 3 is 2.81 bits per heavy atom. The molecule has 2 aliphatic heterocycles. The van der Waals surface area contributed by atoms with Gasteiger partial charge in [0.05, 0.1) is 5.92 Å². The average Bonchev–Trinajstić information content (AvgIpc) is 3.03. The van der Waals surface area contributed by atoms with E-state index >= 15 is 0 Å². The van der Waals surface area contributed by atoms with Crippen molar-refractivity contribution in [1.29, 1.82) is 0 Å². The summed E-state index contributed by atoms with van der Waals surface area (Å²) in [5.74, 6) is -0.201. The predicted octanol–water partition coefficient (Wildman–Crippen LogP) is 1.07. The van der Waals surface area contributed by atoms with E-state index in [2.05, 4.69) is 15.5 Å². The van der Waals surface area contributed by atoms with Crippen molar-refractivity contribution < 1.29 is 9.59 Å². The zero-order chi connectivity index (χ0) is 18.5. The number of hydrogen-bond acceptors (Lipinski definition) is 4. The van der Waals surface area contributed by atoms with Gasteiger partial charge in [0.15, 0.2) is 0 Å². The molecule has 0 bridgehead atoms. The third-order valence-corrected chi connectivity index (χ3v) is 5.52. The molecule has 1 atom stereocenters. The monoisotopic (exact) mass is 358 g/mol. The number of rotatable bonds is 6. The first-order valence-electron chi connectivity index (χ1n) is 9.63. The summed E-state index contributed by atoms with van der Waals surface area (Å²) in [6, 6.07) is 5.98. The first kappa shape index (κ1) is 18.9. The smallest absolute Gasteiger partial charge is 0.227 e. The van der Waals surface area contributed by atoms with E-state index in [1.807, 2.05) is 32.0 Å². The normalized spacial score (nSPS) is 21.2. The highest BCUT2D eigenvalue weighted by Crippen LogP contribution is 2.29. The van der Waals surface area contributed by atoms with Gasteiger partial charge in [-0.05, 0) is 44.0 Å². The van der Waals surface area contributed by atoms with Gasteiger partial charge in [0.2, 0.25) is 11.8 Å². The van der Waals surface area contributed by atoms with Crippen molar-refractivity contribution in [2.24, 2.45) is 5.92 Å². The minimum atomic E-state index is -0.249. The molecule has 2 N–H and O–H groups in total. The van der Waals surface area contributed by atoms with Gasteiger partial charge in [0, 0.05) is 51.4 Å². The van der Waals surface area contributed by atoms with Gasteiger partial charge in [-0.2, -0.15) is 0 Å². The Morgan fingerprint density at radius 2 is 2.04 bits per heavy atom. The lowest BCUT2D eigenvalue weighted by Gasteiger charge is -2.27. The van der Waals surface area contributed by atoms with Crippen molar-refractivity contribution >= 4 is 17.5 Å². The third-order valence-electron chi connectivity index (χ3n) is 5.52. The van der Waals surface area contributed by atoms with E-state index < -0.39 is 0 Å². The summed E-state index contributed by atoms with van der Waals surface area (Å²) >= 11 is 0. The molecule has 1 aromatic carbocycles. The third kappa shape index (κ3) is 4.43. The van der Waals surface area contributed by atoms with E-state index in [0.717, 1.165) is 56.0 Å². The summed E-state index contributed by atoms with van der Waals surface area (Å²) in [6.45, 7) is 10.5. The second-order valence-electron chi connectivity index (χ2n) is 7.36. The van der Waals surface area contributed by atoms with Crippen LogP contribution in [0.15, 0.2) is 18.2 Å². The number of carbonyl (C=O) groups is 2. The summed E-state index contributed by atoms with van der Waals surface area (Å²) in [7, 11) is 0. The molecule has 2 heterocycles. The van der Waals surface area contributed by atoms with E-state index in [4.69, 9.17) is 0 Å². The van der Waals surface area contributed by atoms with Gasteiger partial charge in [0.1, 0.15) is 0 Å². The van der Waals surface area contributed by atoms with Crippen LogP contribution in [0.4, 0.5) is 5.69 Å². The first-order chi connectivity index (χ1) is 12.6. The highest BCUT2D eigenvalue weighted by Gasteiger charge is 2.35. The van der Waals surface area contributed by atoms with Crippen molar-refractivity contribution in [2.45, 2.75) is 26.7 Å². The topological polar surface area (TPSA) is 64.7 Å². The van der Waals surface area contributed by atoms with Gasteiger partial charge in [-0.1, -0.05) is 12.1 Å². The largest absolute Gasteiger partial charge is 0.356 e. The number of anilines is 1. The lowest BCUT2D eigenvalue weighted by Crippen LogP contribution is -2.44. The standard InChI is InChI=1S/C20H30N4O2/c1-15-5-3-6-18(16(15)2)24-14-17(13-19(24)25)20(26)22-7-4-10-23-11-8-21-9-12-23/h3,5-6,17,21H,4,7-14H2,1-2H3,(H,22,26). The van der Waals surface area contributed by atoms with Crippen LogP contribution in [0.3, 0.4) is 0 Å². The molecule has 2 aliphatic rings. The van der Waals surface area contributed by atoms with Crippen LogP contribution in [0.5, 0.6) is 0 Å². The van der Waals surface area contributed by atoms with Crippen LogP contribution in [-0.4, -0.2) is 62.5 Å². The van der Waals surface area contributed by atoms with Gasteiger partial charge < -0.3 is 20.4 Å². The SMILES string of the molecule is Cc1cccc(N2CC(C(=O)NCCCN3CCNCC3)CC2=O)c1C. The molecule has 3 rings (SSSR count). The van der Waals surface area contributed by atoms with Crippen LogP contribution in [-0.2, 0) is 9.59 Å². The van der Waals surface area contributed by atoms with Crippen molar-refractivity contribution in [3.05, 3.63) is 29.3 Å². The maximum atomic E-state index is 12.5. The maximum Gasteiger partial charge on any atom is 0.227 e. The highest BCUT2D eigenvalue weighted by molar-refractivity contribution is 6.00. The van der Waals surface area contributed by atoms with Gasteiger partial charge in [0.25, 0.3) is 0 Å². The fourth-order valence-electron chi connectivity index (χ4n) is 3.74. The Bertz CT molecular complexity index is 655. The second kappa shape index (κ2) is 8.64. The van der Waals surface area contributed by atoms with Crippen molar-refractivity contribution in [2.75, 3.05) is 50.7 Å². The second-order valence-corrected chi connectivity index (χ2v) is 7.36. The maximum absolute atomic E-state index is 12.5. The molecule has 0 aliphatic carbocycles. The molecule has 0 aromatic heterocycles. The number of amides is 2. The molecule has 6 nitrogen and oxygen atoms in total. The van der Waals surface area contributed by atoms with Crippen LogP contribution >= 0.6 is 0 Å². The van der Waals surface area contributed by atoms with Crippen LogP contribution in [0.1, 0.15) is 24.0 Å². The molecule has 6 heteroatoms. The summed E-state index contributed by atoms with van der Waals surface area (Å²) in [6.07, 6.45) is 1.25. The number of piperazine rings is 1. The molecule has 2 amide bonds. The number of carbonyl (C=O) groups excluding carboxylic acids is 2. The van der Waals surface area contributed by atoms with Crippen molar-refractivity contribution in [3.63, 3.8) is 0 Å². The van der Waals surface area contributed by atoms with E-state index in [0.29, 0.717) is 19.5 Å². The summed E-state index contributed by atoms with van der Waals surface area (Å²) < 4.78 is 0.